The maximum absolute atomic E-state index is 5.52. The number of piperidine rings is 1. The van der Waals surface area contributed by atoms with Crippen LogP contribution in [0.15, 0.2) is 36.4 Å². The molecule has 0 saturated carbocycles. The number of anilines is 3. The number of rotatable bonds is 7. The third-order valence-corrected chi connectivity index (χ3v) is 5.96. The van der Waals surface area contributed by atoms with Crippen LogP contribution < -0.4 is 20.4 Å². The van der Waals surface area contributed by atoms with Gasteiger partial charge in [0.25, 0.3) is 0 Å². The number of hydrogen-bond donors (Lipinski definition) is 2. The Morgan fingerprint density at radius 2 is 1.61 bits per heavy atom. The number of aromatic nitrogens is 2. The Bertz CT molecular complexity index is 801. The van der Waals surface area contributed by atoms with Gasteiger partial charge in [-0.3, -0.25) is 0 Å². The van der Waals surface area contributed by atoms with Crippen molar-refractivity contribution >= 4 is 34.9 Å². The van der Waals surface area contributed by atoms with E-state index in [0.717, 1.165) is 70.4 Å². The van der Waals surface area contributed by atoms with Crippen molar-refractivity contribution in [2.24, 2.45) is 0 Å². The van der Waals surface area contributed by atoms with Gasteiger partial charge in [-0.25, -0.2) is 0 Å². The number of thiocarbonyl (C=S) groups is 1. The summed E-state index contributed by atoms with van der Waals surface area (Å²) >= 11 is 5.52. The first-order valence-corrected chi connectivity index (χ1v) is 11.7. The Morgan fingerprint density at radius 3 is 2.32 bits per heavy atom. The fourth-order valence-electron chi connectivity index (χ4n) is 4.00. The molecule has 0 amide bonds. The molecular weight excluding hydrogens is 408 g/mol. The Hall–Kier alpha value is -2.45. The van der Waals surface area contributed by atoms with Crippen molar-refractivity contribution in [2.75, 3.05) is 61.1 Å². The lowest BCUT2D eigenvalue weighted by atomic mass is 10.1. The molecule has 2 fully saturated rings. The van der Waals surface area contributed by atoms with Crippen LogP contribution >= 0.6 is 12.2 Å². The van der Waals surface area contributed by atoms with Gasteiger partial charge in [0, 0.05) is 38.8 Å². The fraction of sp³-hybridized carbons (Fsp3) is 0.522. The van der Waals surface area contributed by atoms with E-state index in [0.29, 0.717) is 11.1 Å². The normalized spacial score (nSPS) is 16.8. The van der Waals surface area contributed by atoms with Gasteiger partial charge in [-0.15, -0.1) is 0 Å². The highest BCUT2D eigenvalue weighted by atomic mass is 32.1. The Balaban J connectivity index is 1.37. The molecule has 0 radical (unpaired) electrons. The minimum atomic E-state index is 0.560. The van der Waals surface area contributed by atoms with Gasteiger partial charge in [0.15, 0.2) is 5.11 Å². The number of nitrogens with one attached hydrogen (secondary N) is 2. The predicted molar refractivity (Wildman–Crippen MR) is 130 cm³/mol. The molecule has 1 aromatic carbocycles. The van der Waals surface area contributed by atoms with E-state index in [1.165, 1.54) is 24.8 Å². The molecule has 0 bridgehead atoms. The lowest BCUT2D eigenvalue weighted by Gasteiger charge is -2.31. The summed E-state index contributed by atoms with van der Waals surface area (Å²) in [6, 6.07) is 12.6. The lowest BCUT2D eigenvalue weighted by molar-refractivity contribution is 0.122. The van der Waals surface area contributed by atoms with Crippen molar-refractivity contribution in [3.05, 3.63) is 42.0 Å². The van der Waals surface area contributed by atoms with E-state index in [9.17, 15) is 0 Å². The zero-order valence-corrected chi connectivity index (χ0v) is 18.9. The second-order valence-corrected chi connectivity index (χ2v) is 8.43. The molecule has 31 heavy (non-hydrogen) atoms. The van der Waals surface area contributed by atoms with Crippen molar-refractivity contribution < 1.29 is 4.74 Å². The molecule has 166 valence electrons. The number of nitrogens with zero attached hydrogens (tertiary/aromatic N) is 4. The highest BCUT2D eigenvalue weighted by Gasteiger charge is 2.19. The zero-order chi connectivity index (χ0) is 21.3. The average Bonchev–Trinajstić information content (AvgIpc) is 2.83. The Kier molecular flexibility index (Phi) is 7.90. The first-order valence-electron chi connectivity index (χ1n) is 11.3. The van der Waals surface area contributed by atoms with Crippen LogP contribution in [0.4, 0.5) is 17.6 Å². The molecule has 0 atom stereocenters. The van der Waals surface area contributed by atoms with Gasteiger partial charge in [0.2, 0.25) is 5.95 Å². The molecule has 4 rings (SSSR count). The first-order chi connectivity index (χ1) is 15.3. The smallest absolute Gasteiger partial charge is 0.232 e. The molecule has 2 aliphatic rings. The van der Waals surface area contributed by atoms with Crippen LogP contribution in [0.25, 0.3) is 0 Å². The van der Waals surface area contributed by atoms with Crippen molar-refractivity contribution in [1.29, 1.82) is 0 Å². The SMILES string of the molecule is S=C(NCCCc1ccccc1)Nc1nc(N2CCCCC2)cc(N2CCOCC2)n1. The zero-order valence-electron chi connectivity index (χ0n) is 18.1. The van der Waals surface area contributed by atoms with E-state index in [1.54, 1.807) is 0 Å². The van der Waals surface area contributed by atoms with E-state index in [2.05, 4.69) is 50.8 Å². The molecule has 3 heterocycles. The molecule has 2 N–H and O–H groups in total. The number of morpholine rings is 1. The van der Waals surface area contributed by atoms with Gasteiger partial charge in [0.05, 0.1) is 13.2 Å². The van der Waals surface area contributed by atoms with Gasteiger partial charge in [0.1, 0.15) is 11.6 Å². The van der Waals surface area contributed by atoms with Crippen molar-refractivity contribution in [3.63, 3.8) is 0 Å². The average molecular weight is 441 g/mol. The Labute approximate surface area is 190 Å². The Morgan fingerprint density at radius 1 is 0.935 bits per heavy atom. The molecule has 2 aliphatic heterocycles. The van der Waals surface area contributed by atoms with Crippen LogP contribution in [0.5, 0.6) is 0 Å². The topological polar surface area (TPSA) is 65.6 Å². The van der Waals surface area contributed by atoms with Crippen LogP contribution in [0.1, 0.15) is 31.2 Å². The van der Waals surface area contributed by atoms with E-state index < -0.39 is 0 Å². The largest absolute Gasteiger partial charge is 0.378 e. The van der Waals surface area contributed by atoms with Crippen molar-refractivity contribution in [1.82, 2.24) is 15.3 Å². The highest BCUT2D eigenvalue weighted by molar-refractivity contribution is 7.80. The second-order valence-electron chi connectivity index (χ2n) is 8.03. The maximum Gasteiger partial charge on any atom is 0.232 e. The van der Waals surface area contributed by atoms with Crippen molar-refractivity contribution in [3.8, 4) is 0 Å². The molecule has 7 nitrogen and oxygen atoms in total. The molecule has 0 spiro atoms. The monoisotopic (exact) mass is 440 g/mol. The summed E-state index contributed by atoms with van der Waals surface area (Å²) in [4.78, 5) is 14.2. The van der Waals surface area contributed by atoms with Crippen LogP contribution in [0.2, 0.25) is 0 Å². The molecule has 0 unspecified atom stereocenters. The van der Waals surface area contributed by atoms with Crippen LogP contribution in [0.3, 0.4) is 0 Å². The van der Waals surface area contributed by atoms with Crippen molar-refractivity contribution in [2.45, 2.75) is 32.1 Å². The first kappa shape index (κ1) is 21.8. The van der Waals surface area contributed by atoms with Gasteiger partial charge in [-0.05, 0) is 49.9 Å². The van der Waals surface area contributed by atoms with Gasteiger partial charge in [-0.2, -0.15) is 9.97 Å². The minimum Gasteiger partial charge on any atom is -0.378 e. The second kappa shape index (κ2) is 11.2. The van der Waals surface area contributed by atoms with Gasteiger partial charge >= 0.3 is 0 Å². The molecule has 8 heteroatoms. The number of hydrogen-bond acceptors (Lipinski definition) is 6. The highest BCUT2D eigenvalue weighted by Crippen LogP contribution is 2.24. The number of aryl methyl sites for hydroxylation is 1. The summed E-state index contributed by atoms with van der Waals surface area (Å²) in [5.74, 6) is 2.48. The van der Waals surface area contributed by atoms with Crippen LogP contribution in [-0.2, 0) is 11.2 Å². The molecule has 1 aromatic heterocycles. The van der Waals surface area contributed by atoms with E-state index >= 15 is 0 Å². The van der Waals surface area contributed by atoms with Gasteiger partial charge < -0.3 is 25.2 Å². The summed E-state index contributed by atoms with van der Waals surface area (Å²) in [6.07, 6.45) is 5.75. The molecule has 2 aromatic rings. The van der Waals surface area contributed by atoms with Crippen LogP contribution in [-0.4, -0.2) is 61.0 Å². The summed E-state index contributed by atoms with van der Waals surface area (Å²) in [6.45, 7) is 6.04. The third-order valence-electron chi connectivity index (χ3n) is 5.71. The summed E-state index contributed by atoms with van der Waals surface area (Å²) in [5.41, 5.74) is 1.34. The summed E-state index contributed by atoms with van der Waals surface area (Å²) in [5, 5.41) is 7.07. The number of benzene rings is 1. The third kappa shape index (κ3) is 6.51. The fourth-order valence-corrected chi connectivity index (χ4v) is 4.20. The predicted octanol–water partition coefficient (Wildman–Crippen LogP) is 3.22. The van der Waals surface area contributed by atoms with E-state index in [1.807, 2.05) is 6.07 Å². The lowest BCUT2D eigenvalue weighted by Crippen LogP contribution is -2.38. The maximum atomic E-state index is 5.52. The van der Waals surface area contributed by atoms with E-state index in [-0.39, 0.29) is 0 Å². The summed E-state index contributed by atoms with van der Waals surface area (Å²) in [7, 11) is 0. The number of ether oxygens (including phenoxy) is 1. The van der Waals surface area contributed by atoms with Gasteiger partial charge in [-0.1, -0.05) is 30.3 Å². The standard InChI is InChI=1S/C23H32N6OS/c31-23(24-11-7-10-19-8-3-1-4-9-19)27-22-25-20(28-12-5-2-6-13-28)18-21(26-22)29-14-16-30-17-15-29/h1,3-4,8-9,18H,2,5-7,10-17H2,(H2,24,25,26,27,31). The summed E-state index contributed by atoms with van der Waals surface area (Å²) < 4.78 is 5.51. The van der Waals surface area contributed by atoms with Crippen LogP contribution in [0, 0.1) is 0 Å². The molecule has 0 aliphatic carbocycles. The molecular formula is C23H32N6OS. The quantitative estimate of drug-likeness (QED) is 0.503. The molecule has 2 saturated heterocycles. The van der Waals surface area contributed by atoms with E-state index in [4.69, 9.17) is 26.9 Å². The minimum absolute atomic E-state index is 0.560.